The number of aromatic nitrogens is 2. The highest BCUT2D eigenvalue weighted by Gasteiger charge is 2.33. The van der Waals surface area contributed by atoms with Crippen molar-refractivity contribution < 1.29 is 14.1 Å². The summed E-state index contributed by atoms with van der Waals surface area (Å²) in [6, 6.07) is 0.205. The van der Waals surface area contributed by atoms with Gasteiger partial charge in [0.25, 0.3) is 0 Å². The van der Waals surface area contributed by atoms with Gasteiger partial charge in [0.15, 0.2) is 5.82 Å². The fraction of sp³-hybridized carbons (Fsp3) is 0.750. The number of rotatable bonds is 6. The minimum absolute atomic E-state index is 0.0241. The van der Waals surface area contributed by atoms with Gasteiger partial charge in [0.05, 0.1) is 6.04 Å². The third kappa shape index (κ3) is 4.24. The summed E-state index contributed by atoms with van der Waals surface area (Å²) in [5, 5.41) is 9.86. The van der Waals surface area contributed by atoms with Crippen LogP contribution in [-0.4, -0.2) is 45.6 Å². The predicted molar refractivity (Wildman–Crippen MR) is 86.1 cm³/mol. The first kappa shape index (κ1) is 16.7. The second kappa shape index (κ2) is 7.19. The third-order valence-electron chi connectivity index (χ3n) is 4.22. The minimum atomic E-state index is -0.151. The fourth-order valence-electron chi connectivity index (χ4n) is 2.86. The average Bonchev–Trinajstić information content (AvgIpc) is 3.04. The number of carbonyl (C=O) groups excluding carboxylic acids is 2. The van der Waals surface area contributed by atoms with Crippen molar-refractivity contribution >= 4 is 11.9 Å². The lowest BCUT2D eigenvalue weighted by Crippen LogP contribution is -2.42. The molecule has 8 heteroatoms. The molecule has 2 N–H and O–H groups in total. The standard InChI is InChI=1S/C16H25N5O3/c1-10(2)17-16(23)21-9-3-4-12(21)15-19-14(24-20-15)8-7-13(22)18-11-5-6-11/h10-12H,3-9H2,1-2H3,(H,17,23)(H,18,22). The normalized spacial score (nSPS) is 20.5. The Morgan fingerprint density at radius 1 is 1.33 bits per heavy atom. The van der Waals surface area contributed by atoms with E-state index in [4.69, 9.17) is 4.52 Å². The molecule has 1 aliphatic heterocycles. The van der Waals surface area contributed by atoms with Gasteiger partial charge in [-0.2, -0.15) is 4.98 Å². The highest BCUT2D eigenvalue weighted by atomic mass is 16.5. The second-order valence-electron chi connectivity index (χ2n) is 6.84. The monoisotopic (exact) mass is 335 g/mol. The van der Waals surface area contributed by atoms with E-state index in [-0.39, 0.29) is 24.0 Å². The predicted octanol–water partition coefficient (Wildman–Crippen LogP) is 1.54. The Hall–Kier alpha value is -2.12. The molecule has 24 heavy (non-hydrogen) atoms. The summed E-state index contributed by atoms with van der Waals surface area (Å²) in [6.45, 7) is 4.56. The zero-order chi connectivity index (χ0) is 17.1. The summed E-state index contributed by atoms with van der Waals surface area (Å²) in [6.07, 6.45) is 4.67. The first-order valence-electron chi connectivity index (χ1n) is 8.72. The van der Waals surface area contributed by atoms with Gasteiger partial charge in [0.2, 0.25) is 11.8 Å². The van der Waals surface area contributed by atoms with Crippen molar-refractivity contribution in [2.24, 2.45) is 0 Å². The highest BCUT2D eigenvalue weighted by Crippen LogP contribution is 2.30. The summed E-state index contributed by atoms with van der Waals surface area (Å²) in [5.74, 6) is 1.01. The van der Waals surface area contributed by atoms with Crippen molar-refractivity contribution in [3.05, 3.63) is 11.7 Å². The van der Waals surface area contributed by atoms with E-state index in [2.05, 4.69) is 20.8 Å². The molecule has 0 aromatic carbocycles. The van der Waals surface area contributed by atoms with Gasteiger partial charge in [-0.05, 0) is 39.5 Å². The van der Waals surface area contributed by atoms with E-state index >= 15 is 0 Å². The van der Waals surface area contributed by atoms with E-state index in [0.29, 0.717) is 37.1 Å². The number of hydrogen-bond donors (Lipinski definition) is 2. The first-order valence-corrected chi connectivity index (χ1v) is 8.72. The topological polar surface area (TPSA) is 100 Å². The van der Waals surface area contributed by atoms with Crippen LogP contribution in [0.15, 0.2) is 4.52 Å². The molecule has 3 amide bonds. The number of urea groups is 1. The molecular formula is C16H25N5O3. The first-order chi connectivity index (χ1) is 11.5. The summed E-state index contributed by atoms with van der Waals surface area (Å²) in [7, 11) is 0. The van der Waals surface area contributed by atoms with Crippen LogP contribution in [0.1, 0.15) is 63.7 Å². The van der Waals surface area contributed by atoms with Crippen molar-refractivity contribution in [1.29, 1.82) is 0 Å². The number of carbonyl (C=O) groups is 2. The Morgan fingerprint density at radius 2 is 2.12 bits per heavy atom. The Morgan fingerprint density at radius 3 is 2.83 bits per heavy atom. The summed E-state index contributed by atoms with van der Waals surface area (Å²) >= 11 is 0. The van der Waals surface area contributed by atoms with Gasteiger partial charge in [-0.25, -0.2) is 4.79 Å². The lowest BCUT2D eigenvalue weighted by atomic mass is 10.2. The molecule has 1 aromatic rings. The van der Waals surface area contributed by atoms with Gasteiger partial charge in [-0.1, -0.05) is 5.16 Å². The number of aryl methyl sites for hydroxylation is 1. The maximum atomic E-state index is 12.2. The van der Waals surface area contributed by atoms with Crippen LogP contribution in [0.5, 0.6) is 0 Å². The Kier molecular flexibility index (Phi) is 5.01. The number of likely N-dealkylation sites (tertiary alicyclic amines) is 1. The quantitative estimate of drug-likeness (QED) is 0.821. The van der Waals surface area contributed by atoms with Crippen LogP contribution in [0.25, 0.3) is 0 Å². The zero-order valence-electron chi connectivity index (χ0n) is 14.2. The molecule has 1 aromatic heterocycles. The van der Waals surface area contributed by atoms with E-state index in [0.717, 1.165) is 25.7 Å². The van der Waals surface area contributed by atoms with Gasteiger partial charge in [-0.3, -0.25) is 4.79 Å². The molecule has 8 nitrogen and oxygen atoms in total. The zero-order valence-corrected chi connectivity index (χ0v) is 14.2. The molecule has 1 saturated carbocycles. The van der Waals surface area contributed by atoms with Crippen molar-refractivity contribution in [3.8, 4) is 0 Å². The number of amides is 3. The molecule has 1 saturated heterocycles. The minimum Gasteiger partial charge on any atom is -0.353 e. The largest absolute Gasteiger partial charge is 0.353 e. The van der Waals surface area contributed by atoms with E-state index in [1.165, 1.54) is 0 Å². The molecule has 3 rings (SSSR count). The smallest absolute Gasteiger partial charge is 0.318 e. The average molecular weight is 335 g/mol. The van der Waals surface area contributed by atoms with E-state index in [1.807, 2.05) is 13.8 Å². The molecule has 2 aliphatic rings. The van der Waals surface area contributed by atoms with Crippen LogP contribution >= 0.6 is 0 Å². The van der Waals surface area contributed by atoms with Gasteiger partial charge in [0, 0.05) is 31.5 Å². The molecule has 0 bridgehead atoms. The van der Waals surface area contributed by atoms with E-state index in [9.17, 15) is 9.59 Å². The number of hydrogen-bond acceptors (Lipinski definition) is 5. The van der Waals surface area contributed by atoms with Gasteiger partial charge in [0.1, 0.15) is 0 Å². The van der Waals surface area contributed by atoms with Gasteiger partial charge < -0.3 is 20.1 Å². The lowest BCUT2D eigenvalue weighted by Gasteiger charge is -2.23. The van der Waals surface area contributed by atoms with Crippen LogP contribution < -0.4 is 10.6 Å². The molecular weight excluding hydrogens is 310 g/mol. The molecule has 1 unspecified atom stereocenters. The van der Waals surface area contributed by atoms with Crippen molar-refractivity contribution in [2.45, 2.75) is 70.5 Å². The van der Waals surface area contributed by atoms with Gasteiger partial charge in [-0.15, -0.1) is 0 Å². The Labute approximate surface area is 141 Å². The SMILES string of the molecule is CC(C)NC(=O)N1CCCC1c1noc(CCC(=O)NC2CC2)n1. The van der Waals surface area contributed by atoms with Crippen LogP contribution in [0, 0.1) is 0 Å². The maximum Gasteiger partial charge on any atom is 0.318 e. The van der Waals surface area contributed by atoms with Crippen molar-refractivity contribution in [3.63, 3.8) is 0 Å². The van der Waals surface area contributed by atoms with Crippen molar-refractivity contribution in [2.75, 3.05) is 6.54 Å². The maximum absolute atomic E-state index is 12.2. The van der Waals surface area contributed by atoms with Crippen LogP contribution in [0.4, 0.5) is 4.79 Å². The van der Waals surface area contributed by atoms with Crippen LogP contribution in [0.2, 0.25) is 0 Å². The molecule has 0 spiro atoms. The Bertz CT molecular complexity index is 596. The lowest BCUT2D eigenvalue weighted by molar-refractivity contribution is -0.121. The second-order valence-corrected chi connectivity index (χ2v) is 6.84. The fourth-order valence-corrected chi connectivity index (χ4v) is 2.86. The highest BCUT2D eigenvalue weighted by molar-refractivity contribution is 5.76. The summed E-state index contributed by atoms with van der Waals surface area (Å²) in [5.41, 5.74) is 0. The van der Waals surface area contributed by atoms with E-state index in [1.54, 1.807) is 4.90 Å². The molecule has 132 valence electrons. The Balaban J connectivity index is 1.55. The molecule has 2 fully saturated rings. The van der Waals surface area contributed by atoms with Crippen molar-refractivity contribution in [1.82, 2.24) is 25.7 Å². The molecule has 2 heterocycles. The molecule has 0 radical (unpaired) electrons. The van der Waals surface area contributed by atoms with E-state index < -0.39 is 0 Å². The van der Waals surface area contributed by atoms with Crippen LogP contribution in [-0.2, 0) is 11.2 Å². The number of nitrogens with one attached hydrogen (secondary N) is 2. The third-order valence-corrected chi connectivity index (χ3v) is 4.22. The molecule has 1 aliphatic carbocycles. The van der Waals surface area contributed by atoms with Gasteiger partial charge >= 0.3 is 6.03 Å². The molecule has 1 atom stereocenters. The number of nitrogens with zero attached hydrogens (tertiary/aromatic N) is 3. The summed E-state index contributed by atoms with van der Waals surface area (Å²) < 4.78 is 5.26. The van der Waals surface area contributed by atoms with Crippen LogP contribution in [0.3, 0.4) is 0 Å². The summed E-state index contributed by atoms with van der Waals surface area (Å²) in [4.78, 5) is 30.1.